The molecule has 1 heterocycles. The van der Waals surface area contributed by atoms with Crippen molar-refractivity contribution in [1.82, 2.24) is 4.98 Å². The van der Waals surface area contributed by atoms with E-state index in [0.717, 1.165) is 11.4 Å². The molecule has 2 heteroatoms. The Labute approximate surface area is 88.4 Å². The number of hydrogen-bond donors (Lipinski definition) is 0. The molecular formula is C12H13NS. The number of aryl methyl sites for hydroxylation is 2. The maximum absolute atomic E-state index is 4.58. The largest absolute Gasteiger partial charge is 0.241 e. The molecule has 0 bridgehead atoms. The Morgan fingerprint density at radius 2 is 2.07 bits per heavy atom. The molecule has 0 radical (unpaired) electrons. The second kappa shape index (κ2) is 3.93. The number of rotatable bonds is 2. The van der Waals surface area contributed by atoms with Gasteiger partial charge in [-0.15, -0.1) is 11.3 Å². The molecule has 2 aromatic rings. The first-order valence-corrected chi connectivity index (χ1v) is 5.69. The third-order valence-corrected chi connectivity index (χ3v) is 3.21. The first kappa shape index (κ1) is 9.41. The minimum Gasteiger partial charge on any atom is -0.241 e. The van der Waals surface area contributed by atoms with Crippen LogP contribution in [-0.4, -0.2) is 4.98 Å². The second-order valence-electron chi connectivity index (χ2n) is 3.31. The predicted octanol–water partition coefficient (Wildman–Crippen LogP) is 3.68. The van der Waals surface area contributed by atoms with Gasteiger partial charge in [0.2, 0.25) is 0 Å². The monoisotopic (exact) mass is 203 g/mol. The molecule has 0 amide bonds. The summed E-state index contributed by atoms with van der Waals surface area (Å²) in [7, 11) is 0. The van der Waals surface area contributed by atoms with E-state index < -0.39 is 0 Å². The predicted molar refractivity (Wildman–Crippen MR) is 61.7 cm³/mol. The van der Waals surface area contributed by atoms with Gasteiger partial charge in [0.25, 0.3) is 0 Å². The number of thiazole rings is 1. The molecule has 0 fully saturated rings. The quantitative estimate of drug-likeness (QED) is 0.725. The van der Waals surface area contributed by atoms with Crippen molar-refractivity contribution in [1.29, 1.82) is 0 Å². The molecule has 0 unspecified atom stereocenters. The van der Waals surface area contributed by atoms with Crippen molar-refractivity contribution in [2.24, 2.45) is 0 Å². The molecule has 2 rings (SSSR count). The molecular weight excluding hydrogens is 190 g/mol. The summed E-state index contributed by atoms with van der Waals surface area (Å²) >= 11 is 1.73. The number of benzene rings is 1. The van der Waals surface area contributed by atoms with Gasteiger partial charge in [-0.25, -0.2) is 4.98 Å². The van der Waals surface area contributed by atoms with Gasteiger partial charge in [0.1, 0.15) is 5.01 Å². The highest BCUT2D eigenvalue weighted by atomic mass is 32.1. The Morgan fingerprint density at radius 1 is 1.29 bits per heavy atom. The van der Waals surface area contributed by atoms with Crippen LogP contribution in [0.1, 0.15) is 18.2 Å². The van der Waals surface area contributed by atoms with Gasteiger partial charge in [0, 0.05) is 10.9 Å². The molecule has 0 N–H and O–H groups in total. The molecule has 14 heavy (non-hydrogen) atoms. The van der Waals surface area contributed by atoms with Crippen LogP contribution in [0, 0.1) is 6.92 Å². The van der Waals surface area contributed by atoms with Crippen LogP contribution < -0.4 is 0 Å². The third-order valence-electron chi connectivity index (χ3n) is 2.29. The number of aromatic nitrogens is 1. The number of hydrogen-bond acceptors (Lipinski definition) is 2. The van der Waals surface area contributed by atoms with E-state index in [9.17, 15) is 0 Å². The summed E-state index contributed by atoms with van der Waals surface area (Å²) in [6.45, 7) is 4.26. The van der Waals surface area contributed by atoms with E-state index in [4.69, 9.17) is 0 Å². The van der Waals surface area contributed by atoms with E-state index in [0.29, 0.717) is 0 Å². The lowest BCUT2D eigenvalue weighted by molar-refractivity contribution is 1.06. The molecule has 0 atom stereocenters. The first-order chi connectivity index (χ1) is 6.81. The summed E-state index contributed by atoms with van der Waals surface area (Å²) in [6.07, 6.45) is 1.02. The molecule has 72 valence electrons. The smallest absolute Gasteiger partial charge is 0.123 e. The summed E-state index contributed by atoms with van der Waals surface area (Å²) in [4.78, 5) is 4.58. The van der Waals surface area contributed by atoms with E-state index in [-0.39, 0.29) is 0 Å². The lowest BCUT2D eigenvalue weighted by atomic mass is 10.1. The standard InChI is InChI=1S/C12H13NS/c1-3-10-8-14-12(13-10)11-7-5-4-6-9(11)2/h4-8H,3H2,1-2H3. The summed E-state index contributed by atoms with van der Waals surface area (Å²) < 4.78 is 0. The Morgan fingerprint density at radius 3 is 2.71 bits per heavy atom. The highest BCUT2D eigenvalue weighted by molar-refractivity contribution is 7.13. The first-order valence-electron chi connectivity index (χ1n) is 4.81. The van der Waals surface area contributed by atoms with Crippen LogP contribution in [0.5, 0.6) is 0 Å². The van der Waals surface area contributed by atoms with Crippen LogP contribution in [0.2, 0.25) is 0 Å². The highest BCUT2D eigenvalue weighted by Crippen LogP contribution is 2.26. The third kappa shape index (κ3) is 1.70. The molecule has 0 spiro atoms. The molecule has 0 saturated heterocycles. The van der Waals surface area contributed by atoms with Gasteiger partial charge in [0.15, 0.2) is 0 Å². The van der Waals surface area contributed by atoms with Gasteiger partial charge >= 0.3 is 0 Å². The van der Waals surface area contributed by atoms with Crippen molar-refractivity contribution in [2.75, 3.05) is 0 Å². The topological polar surface area (TPSA) is 12.9 Å². The molecule has 0 saturated carbocycles. The fourth-order valence-corrected chi connectivity index (χ4v) is 2.40. The van der Waals surface area contributed by atoms with Crippen molar-refractivity contribution < 1.29 is 0 Å². The summed E-state index contributed by atoms with van der Waals surface area (Å²) in [5.74, 6) is 0. The molecule has 0 aliphatic carbocycles. The molecule has 1 aromatic carbocycles. The normalized spacial score (nSPS) is 10.4. The van der Waals surface area contributed by atoms with Gasteiger partial charge in [0.05, 0.1) is 5.69 Å². The summed E-state index contributed by atoms with van der Waals surface area (Å²) in [5, 5.41) is 3.28. The average molecular weight is 203 g/mol. The number of nitrogens with zero attached hydrogens (tertiary/aromatic N) is 1. The molecule has 1 aromatic heterocycles. The van der Waals surface area contributed by atoms with Crippen LogP contribution in [0.15, 0.2) is 29.6 Å². The van der Waals surface area contributed by atoms with Crippen LogP contribution in [0.4, 0.5) is 0 Å². The van der Waals surface area contributed by atoms with Gasteiger partial charge < -0.3 is 0 Å². The van der Waals surface area contributed by atoms with Crippen LogP contribution in [0.3, 0.4) is 0 Å². The Balaban J connectivity index is 2.44. The van der Waals surface area contributed by atoms with Crippen LogP contribution in [-0.2, 0) is 6.42 Å². The fraction of sp³-hybridized carbons (Fsp3) is 0.250. The van der Waals surface area contributed by atoms with Crippen molar-refractivity contribution >= 4 is 11.3 Å². The SMILES string of the molecule is CCc1csc(-c2ccccc2C)n1. The minimum atomic E-state index is 1.02. The maximum atomic E-state index is 4.58. The highest BCUT2D eigenvalue weighted by Gasteiger charge is 2.05. The van der Waals surface area contributed by atoms with Gasteiger partial charge in [-0.1, -0.05) is 31.2 Å². The Bertz CT molecular complexity index is 431. The van der Waals surface area contributed by atoms with Gasteiger partial charge in [-0.2, -0.15) is 0 Å². The minimum absolute atomic E-state index is 1.02. The lowest BCUT2D eigenvalue weighted by Gasteiger charge is -1.99. The van der Waals surface area contributed by atoms with Gasteiger partial charge in [-0.3, -0.25) is 0 Å². The summed E-state index contributed by atoms with van der Waals surface area (Å²) in [6, 6.07) is 8.39. The van der Waals surface area contributed by atoms with Gasteiger partial charge in [-0.05, 0) is 18.9 Å². The zero-order chi connectivity index (χ0) is 9.97. The maximum Gasteiger partial charge on any atom is 0.123 e. The average Bonchev–Trinajstić information content (AvgIpc) is 2.67. The zero-order valence-corrected chi connectivity index (χ0v) is 9.27. The van der Waals surface area contributed by atoms with Crippen molar-refractivity contribution in [3.8, 4) is 10.6 Å². The molecule has 0 aliphatic rings. The van der Waals surface area contributed by atoms with Crippen molar-refractivity contribution in [2.45, 2.75) is 20.3 Å². The fourth-order valence-electron chi connectivity index (χ4n) is 1.41. The molecule has 1 nitrogen and oxygen atoms in total. The summed E-state index contributed by atoms with van der Waals surface area (Å²) in [5.41, 5.74) is 3.75. The Kier molecular flexibility index (Phi) is 2.64. The lowest BCUT2D eigenvalue weighted by Crippen LogP contribution is -1.83. The van der Waals surface area contributed by atoms with Crippen molar-refractivity contribution in [3.05, 3.63) is 40.9 Å². The van der Waals surface area contributed by atoms with Crippen molar-refractivity contribution in [3.63, 3.8) is 0 Å². The molecule has 0 aliphatic heterocycles. The van der Waals surface area contributed by atoms with E-state index in [1.807, 2.05) is 0 Å². The second-order valence-corrected chi connectivity index (χ2v) is 4.17. The Hall–Kier alpha value is -1.15. The van der Waals surface area contributed by atoms with Crippen LogP contribution >= 0.6 is 11.3 Å². The zero-order valence-electron chi connectivity index (χ0n) is 8.45. The van der Waals surface area contributed by atoms with E-state index >= 15 is 0 Å². The van der Waals surface area contributed by atoms with E-state index in [1.54, 1.807) is 11.3 Å². The van der Waals surface area contributed by atoms with Crippen LogP contribution in [0.25, 0.3) is 10.6 Å². The van der Waals surface area contributed by atoms with E-state index in [2.05, 4.69) is 48.5 Å². The van der Waals surface area contributed by atoms with E-state index in [1.165, 1.54) is 16.8 Å².